The molecule has 3 rings (SSSR count). The molecule has 2 aromatic carbocycles. The number of hydrogen-bond acceptors (Lipinski definition) is 3. The van der Waals surface area contributed by atoms with Gasteiger partial charge in [-0.1, -0.05) is 38.1 Å². The first-order valence-corrected chi connectivity index (χ1v) is 9.46. The highest BCUT2D eigenvalue weighted by atomic mass is 16.1. The van der Waals surface area contributed by atoms with Gasteiger partial charge in [0.25, 0.3) is 11.5 Å². The molecule has 0 aliphatic rings. The minimum absolute atomic E-state index is 0.104. The van der Waals surface area contributed by atoms with E-state index in [0.717, 1.165) is 29.4 Å². The van der Waals surface area contributed by atoms with Gasteiger partial charge in [-0.2, -0.15) is 0 Å². The molecule has 0 bridgehead atoms. The van der Waals surface area contributed by atoms with Crippen molar-refractivity contribution in [2.75, 3.05) is 0 Å². The monoisotopic (exact) mass is 363 g/mol. The predicted molar refractivity (Wildman–Crippen MR) is 109 cm³/mol. The van der Waals surface area contributed by atoms with E-state index in [1.807, 2.05) is 45.0 Å². The second-order valence-electron chi connectivity index (χ2n) is 6.77. The molecule has 0 saturated carbocycles. The van der Waals surface area contributed by atoms with Crippen molar-refractivity contribution in [2.45, 2.75) is 46.2 Å². The lowest BCUT2D eigenvalue weighted by Crippen LogP contribution is -2.31. The fourth-order valence-corrected chi connectivity index (χ4v) is 3.01. The van der Waals surface area contributed by atoms with E-state index in [2.05, 4.69) is 10.3 Å². The van der Waals surface area contributed by atoms with Crippen LogP contribution in [-0.2, 0) is 6.54 Å². The van der Waals surface area contributed by atoms with Crippen LogP contribution in [0.2, 0.25) is 0 Å². The van der Waals surface area contributed by atoms with E-state index < -0.39 is 0 Å². The zero-order valence-electron chi connectivity index (χ0n) is 16.0. The summed E-state index contributed by atoms with van der Waals surface area (Å²) in [6, 6.07) is 14.9. The highest BCUT2D eigenvalue weighted by molar-refractivity contribution is 5.94. The van der Waals surface area contributed by atoms with E-state index in [9.17, 15) is 9.59 Å². The van der Waals surface area contributed by atoms with Crippen LogP contribution in [0, 0.1) is 0 Å². The van der Waals surface area contributed by atoms with Gasteiger partial charge in [0.2, 0.25) is 0 Å². The van der Waals surface area contributed by atoms with Gasteiger partial charge in [-0.25, -0.2) is 4.98 Å². The standard InChI is InChI=1S/C22H25N3O2/c1-4-14-25-19-9-7-6-8-18(19)24-20(22(25)27)16-10-12-17(13-11-16)21(26)23-15(3)5-2/h6-13,15H,4-5,14H2,1-3H3,(H,23,26)/t15-/m0/s1. The van der Waals surface area contributed by atoms with Gasteiger partial charge >= 0.3 is 0 Å². The number of benzene rings is 2. The van der Waals surface area contributed by atoms with Crippen molar-refractivity contribution in [1.82, 2.24) is 14.9 Å². The number of hydrogen-bond donors (Lipinski definition) is 1. The number of fused-ring (bicyclic) bond motifs is 1. The fraction of sp³-hybridized carbons (Fsp3) is 0.318. The second kappa shape index (κ2) is 8.16. The summed E-state index contributed by atoms with van der Waals surface area (Å²) in [5.41, 5.74) is 3.24. The molecule has 1 atom stereocenters. The average Bonchev–Trinajstić information content (AvgIpc) is 2.70. The molecule has 0 fully saturated rings. The third-order valence-corrected chi connectivity index (χ3v) is 4.71. The van der Waals surface area contributed by atoms with Crippen LogP contribution >= 0.6 is 0 Å². The summed E-state index contributed by atoms with van der Waals surface area (Å²) in [5, 5.41) is 2.95. The van der Waals surface area contributed by atoms with Gasteiger partial charge in [0.1, 0.15) is 5.69 Å². The van der Waals surface area contributed by atoms with E-state index in [1.54, 1.807) is 28.8 Å². The molecule has 5 heteroatoms. The van der Waals surface area contributed by atoms with Gasteiger partial charge in [-0.3, -0.25) is 9.59 Å². The van der Waals surface area contributed by atoms with Crippen LogP contribution in [0.3, 0.4) is 0 Å². The van der Waals surface area contributed by atoms with E-state index in [4.69, 9.17) is 0 Å². The first-order chi connectivity index (χ1) is 13.0. The first-order valence-electron chi connectivity index (χ1n) is 9.46. The normalized spacial score (nSPS) is 12.1. The fourth-order valence-electron chi connectivity index (χ4n) is 3.01. The Labute approximate surface area is 159 Å². The topological polar surface area (TPSA) is 64.0 Å². The number of aromatic nitrogens is 2. The molecular formula is C22H25N3O2. The molecule has 0 unspecified atom stereocenters. The molecule has 1 amide bonds. The number of nitrogens with zero attached hydrogens (tertiary/aromatic N) is 2. The number of rotatable bonds is 6. The molecule has 0 spiro atoms. The zero-order valence-corrected chi connectivity index (χ0v) is 16.0. The van der Waals surface area contributed by atoms with Crippen LogP contribution < -0.4 is 10.9 Å². The Morgan fingerprint density at radius 2 is 1.81 bits per heavy atom. The lowest BCUT2D eigenvalue weighted by Gasteiger charge is -2.13. The van der Waals surface area contributed by atoms with Crippen LogP contribution in [0.1, 0.15) is 44.0 Å². The van der Waals surface area contributed by atoms with E-state index >= 15 is 0 Å². The Bertz CT molecular complexity index is 1010. The summed E-state index contributed by atoms with van der Waals surface area (Å²) >= 11 is 0. The molecule has 5 nitrogen and oxygen atoms in total. The lowest BCUT2D eigenvalue weighted by atomic mass is 10.1. The van der Waals surface area contributed by atoms with Crippen LogP contribution in [0.15, 0.2) is 53.3 Å². The molecular weight excluding hydrogens is 338 g/mol. The minimum atomic E-state index is -0.106. The van der Waals surface area contributed by atoms with Gasteiger partial charge in [0.05, 0.1) is 11.0 Å². The summed E-state index contributed by atoms with van der Waals surface area (Å²) in [4.78, 5) is 29.8. The summed E-state index contributed by atoms with van der Waals surface area (Å²) in [6.07, 6.45) is 1.74. The highest BCUT2D eigenvalue weighted by Gasteiger charge is 2.14. The van der Waals surface area contributed by atoms with Gasteiger partial charge in [0.15, 0.2) is 0 Å². The van der Waals surface area contributed by atoms with E-state index in [-0.39, 0.29) is 17.5 Å². The molecule has 0 saturated heterocycles. The number of carbonyl (C=O) groups excluding carboxylic acids is 1. The lowest BCUT2D eigenvalue weighted by molar-refractivity contribution is 0.0939. The van der Waals surface area contributed by atoms with E-state index in [1.165, 1.54) is 0 Å². The molecule has 1 aromatic heterocycles. The molecule has 3 aromatic rings. The largest absolute Gasteiger partial charge is 0.350 e. The summed E-state index contributed by atoms with van der Waals surface area (Å²) in [5.74, 6) is -0.106. The van der Waals surface area contributed by atoms with Crippen LogP contribution in [0.5, 0.6) is 0 Å². The Morgan fingerprint density at radius 3 is 2.48 bits per heavy atom. The maximum absolute atomic E-state index is 13.0. The van der Waals surface area contributed by atoms with Crippen molar-refractivity contribution in [3.8, 4) is 11.3 Å². The summed E-state index contributed by atoms with van der Waals surface area (Å²) < 4.78 is 1.78. The third-order valence-electron chi connectivity index (χ3n) is 4.71. The Morgan fingerprint density at radius 1 is 1.11 bits per heavy atom. The molecule has 27 heavy (non-hydrogen) atoms. The molecule has 140 valence electrons. The van der Waals surface area contributed by atoms with Crippen LogP contribution in [-0.4, -0.2) is 21.5 Å². The smallest absolute Gasteiger partial charge is 0.277 e. The Balaban J connectivity index is 2.01. The van der Waals surface area contributed by atoms with Gasteiger partial charge < -0.3 is 9.88 Å². The number of aryl methyl sites for hydroxylation is 1. The number of para-hydroxylation sites is 2. The van der Waals surface area contributed by atoms with Crippen molar-refractivity contribution >= 4 is 16.9 Å². The van der Waals surface area contributed by atoms with Gasteiger partial charge in [-0.05, 0) is 44.0 Å². The summed E-state index contributed by atoms with van der Waals surface area (Å²) in [7, 11) is 0. The quantitative estimate of drug-likeness (QED) is 0.720. The number of nitrogens with one attached hydrogen (secondary N) is 1. The van der Waals surface area contributed by atoms with Crippen LogP contribution in [0.4, 0.5) is 0 Å². The molecule has 0 radical (unpaired) electrons. The van der Waals surface area contributed by atoms with Crippen molar-refractivity contribution in [2.24, 2.45) is 0 Å². The highest BCUT2D eigenvalue weighted by Crippen LogP contribution is 2.19. The Kier molecular flexibility index (Phi) is 5.69. The van der Waals surface area contributed by atoms with Crippen molar-refractivity contribution in [3.05, 3.63) is 64.4 Å². The number of amides is 1. The van der Waals surface area contributed by atoms with E-state index in [0.29, 0.717) is 17.8 Å². The maximum atomic E-state index is 13.0. The minimum Gasteiger partial charge on any atom is -0.350 e. The molecule has 1 N–H and O–H groups in total. The average molecular weight is 363 g/mol. The Hall–Kier alpha value is -2.95. The number of carbonyl (C=O) groups is 1. The van der Waals surface area contributed by atoms with Gasteiger partial charge in [0, 0.05) is 23.7 Å². The van der Waals surface area contributed by atoms with Crippen LogP contribution in [0.25, 0.3) is 22.3 Å². The SMILES string of the molecule is CCCn1c(=O)c(-c2ccc(C(=O)N[C@@H](C)CC)cc2)nc2ccccc21. The summed E-state index contributed by atoms with van der Waals surface area (Å²) in [6.45, 7) is 6.69. The third kappa shape index (κ3) is 3.92. The second-order valence-corrected chi connectivity index (χ2v) is 6.77. The molecule has 0 aliphatic heterocycles. The van der Waals surface area contributed by atoms with Crippen molar-refractivity contribution in [1.29, 1.82) is 0 Å². The maximum Gasteiger partial charge on any atom is 0.277 e. The van der Waals surface area contributed by atoms with Gasteiger partial charge in [-0.15, -0.1) is 0 Å². The molecule has 1 heterocycles. The zero-order chi connectivity index (χ0) is 19.4. The van der Waals surface area contributed by atoms with Crippen molar-refractivity contribution < 1.29 is 4.79 Å². The predicted octanol–water partition coefficient (Wildman–Crippen LogP) is 4.00. The first kappa shape index (κ1) is 18.8. The molecule has 0 aliphatic carbocycles. The van der Waals surface area contributed by atoms with Crippen molar-refractivity contribution in [3.63, 3.8) is 0 Å².